The summed E-state index contributed by atoms with van der Waals surface area (Å²) in [6.07, 6.45) is 2.74. The van der Waals surface area contributed by atoms with Crippen LogP contribution in [-0.4, -0.2) is 60.7 Å². The van der Waals surface area contributed by atoms with Crippen LogP contribution in [0, 0.1) is 0 Å². The number of rotatable bonds is 6. The third kappa shape index (κ3) is 5.54. The second kappa shape index (κ2) is 9.31. The molecule has 0 atom stereocenters. The van der Waals surface area contributed by atoms with Gasteiger partial charge in [-0.05, 0) is 36.2 Å². The van der Waals surface area contributed by atoms with E-state index in [9.17, 15) is 4.79 Å². The van der Waals surface area contributed by atoms with Crippen molar-refractivity contribution in [2.45, 2.75) is 13.0 Å². The molecule has 2 heterocycles. The summed E-state index contributed by atoms with van der Waals surface area (Å²) >= 11 is 0. The Morgan fingerprint density at radius 1 is 1.19 bits per heavy atom. The molecule has 0 radical (unpaired) electrons. The molecule has 1 saturated heterocycles. The number of hydrogen-bond acceptors (Lipinski definition) is 4. The van der Waals surface area contributed by atoms with E-state index in [1.165, 1.54) is 5.56 Å². The number of morpholine rings is 1. The van der Waals surface area contributed by atoms with Crippen LogP contribution < -0.4 is 5.32 Å². The van der Waals surface area contributed by atoms with Crippen molar-refractivity contribution in [3.8, 4) is 0 Å². The summed E-state index contributed by atoms with van der Waals surface area (Å²) in [4.78, 5) is 20.6. The Balaban J connectivity index is 1.46. The second-order valence-corrected chi connectivity index (χ2v) is 6.51. The Kier molecular flexibility index (Phi) is 6.57. The number of nitrogens with zero attached hydrogens (tertiary/aromatic N) is 3. The fraction of sp³-hybridized carbons (Fsp3) is 0.400. The zero-order valence-electron chi connectivity index (χ0n) is 15.2. The molecule has 0 bridgehead atoms. The van der Waals surface area contributed by atoms with Crippen LogP contribution in [0.3, 0.4) is 0 Å². The number of hydrogen-bond donors (Lipinski definition) is 1. The van der Waals surface area contributed by atoms with Crippen molar-refractivity contribution in [1.29, 1.82) is 0 Å². The maximum atomic E-state index is 12.3. The summed E-state index contributed by atoms with van der Waals surface area (Å²) in [5.41, 5.74) is 2.94. The Labute approximate surface area is 154 Å². The first-order valence-corrected chi connectivity index (χ1v) is 9.02. The quantitative estimate of drug-likeness (QED) is 0.866. The average molecular weight is 354 g/mol. The lowest BCUT2D eigenvalue weighted by Crippen LogP contribution is -2.37. The molecule has 0 unspecified atom stereocenters. The number of benzene rings is 1. The largest absolute Gasteiger partial charge is 0.379 e. The first-order chi connectivity index (χ1) is 12.7. The molecule has 6 nitrogen and oxygen atoms in total. The first kappa shape index (κ1) is 18.4. The molecule has 1 aromatic carbocycles. The summed E-state index contributed by atoms with van der Waals surface area (Å²) in [6.45, 7) is 5.20. The number of urea groups is 1. The van der Waals surface area contributed by atoms with Gasteiger partial charge in [0.1, 0.15) is 0 Å². The number of anilines is 1. The van der Waals surface area contributed by atoms with Crippen LogP contribution in [0.15, 0.2) is 48.7 Å². The Morgan fingerprint density at radius 3 is 2.65 bits per heavy atom. The van der Waals surface area contributed by atoms with Gasteiger partial charge in [-0.1, -0.05) is 18.2 Å². The fourth-order valence-electron chi connectivity index (χ4n) is 2.89. The maximum Gasteiger partial charge on any atom is 0.321 e. The van der Waals surface area contributed by atoms with Gasteiger partial charge in [0, 0.05) is 38.6 Å². The minimum Gasteiger partial charge on any atom is -0.379 e. The molecule has 1 fully saturated rings. The van der Waals surface area contributed by atoms with E-state index in [-0.39, 0.29) is 6.03 Å². The number of nitrogens with one attached hydrogen (secondary N) is 1. The SMILES string of the molecule is CN(Cc1ccccn1)C(=O)Nc1ccc(CCN2CCOCC2)cc1. The number of carbonyl (C=O) groups excluding carboxylic acids is 1. The molecular formula is C20H26N4O2. The van der Waals surface area contributed by atoms with E-state index in [1.54, 1.807) is 18.1 Å². The van der Waals surface area contributed by atoms with Crippen LogP contribution in [0.5, 0.6) is 0 Å². The Hall–Kier alpha value is -2.44. The minimum atomic E-state index is -0.142. The molecule has 2 amide bonds. The van der Waals surface area contributed by atoms with Gasteiger partial charge in [0.25, 0.3) is 0 Å². The van der Waals surface area contributed by atoms with Crippen LogP contribution in [-0.2, 0) is 17.7 Å². The molecule has 2 aromatic rings. The standard InChI is InChI=1S/C20H26N4O2/c1-23(16-19-4-2-3-10-21-19)20(25)22-18-7-5-17(6-8-18)9-11-24-12-14-26-15-13-24/h2-8,10H,9,11-16H2,1H3,(H,22,25). The number of ether oxygens (including phenoxy) is 1. The van der Waals surface area contributed by atoms with Gasteiger partial charge in [-0.15, -0.1) is 0 Å². The molecule has 1 N–H and O–H groups in total. The van der Waals surface area contributed by atoms with Crippen LogP contribution in [0.25, 0.3) is 0 Å². The molecule has 0 saturated carbocycles. The molecule has 0 aliphatic carbocycles. The van der Waals surface area contributed by atoms with Gasteiger partial charge in [-0.25, -0.2) is 4.79 Å². The summed E-state index contributed by atoms with van der Waals surface area (Å²) in [7, 11) is 1.76. The maximum absolute atomic E-state index is 12.3. The molecule has 1 aliphatic rings. The zero-order chi connectivity index (χ0) is 18.2. The van der Waals surface area contributed by atoms with E-state index >= 15 is 0 Å². The highest BCUT2D eigenvalue weighted by atomic mass is 16.5. The molecule has 138 valence electrons. The van der Waals surface area contributed by atoms with Gasteiger partial charge in [-0.3, -0.25) is 9.88 Å². The summed E-state index contributed by atoms with van der Waals surface area (Å²) in [5.74, 6) is 0. The lowest BCUT2D eigenvalue weighted by Gasteiger charge is -2.26. The normalized spacial score (nSPS) is 14.8. The Bertz CT molecular complexity index is 685. The molecule has 26 heavy (non-hydrogen) atoms. The predicted octanol–water partition coefficient (Wildman–Crippen LogP) is 2.62. The van der Waals surface area contributed by atoms with E-state index < -0.39 is 0 Å². The Morgan fingerprint density at radius 2 is 1.96 bits per heavy atom. The highest BCUT2D eigenvalue weighted by Gasteiger charge is 2.11. The van der Waals surface area contributed by atoms with E-state index in [1.807, 2.05) is 30.3 Å². The molecular weight excluding hydrogens is 328 g/mol. The minimum absolute atomic E-state index is 0.142. The van der Waals surface area contributed by atoms with Crippen molar-refractivity contribution in [3.63, 3.8) is 0 Å². The lowest BCUT2D eigenvalue weighted by molar-refractivity contribution is 0.0384. The number of carbonyl (C=O) groups is 1. The van der Waals surface area contributed by atoms with Crippen molar-refractivity contribution in [2.75, 3.05) is 45.2 Å². The van der Waals surface area contributed by atoms with Crippen LogP contribution in [0.1, 0.15) is 11.3 Å². The van der Waals surface area contributed by atoms with E-state index in [0.717, 1.165) is 50.7 Å². The molecule has 1 aliphatic heterocycles. The molecule has 3 rings (SSSR count). The van der Waals surface area contributed by atoms with Gasteiger partial charge in [0.05, 0.1) is 25.5 Å². The predicted molar refractivity (Wildman–Crippen MR) is 102 cm³/mol. The van der Waals surface area contributed by atoms with Crippen molar-refractivity contribution >= 4 is 11.7 Å². The summed E-state index contributed by atoms with van der Waals surface area (Å²) in [6, 6.07) is 13.6. The third-order valence-electron chi connectivity index (χ3n) is 4.50. The van der Waals surface area contributed by atoms with Crippen molar-refractivity contribution in [2.24, 2.45) is 0 Å². The average Bonchev–Trinajstić information content (AvgIpc) is 2.69. The second-order valence-electron chi connectivity index (χ2n) is 6.51. The highest BCUT2D eigenvalue weighted by Crippen LogP contribution is 2.12. The van der Waals surface area contributed by atoms with Crippen LogP contribution in [0.2, 0.25) is 0 Å². The monoisotopic (exact) mass is 354 g/mol. The van der Waals surface area contributed by atoms with Crippen molar-refractivity contribution < 1.29 is 9.53 Å². The molecule has 6 heteroatoms. The van der Waals surface area contributed by atoms with Gasteiger partial charge in [0.2, 0.25) is 0 Å². The smallest absolute Gasteiger partial charge is 0.321 e. The van der Waals surface area contributed by atoms with Crippen LogP contribution >= 0.6 is 0 Å². The summed E-state index contributed by atoms with van der Waals surface area (Å²) in [5, 5.41) is 2.93. The van der Waals surface area contributed by atoms with E-state index in [0.29, 0.717) is 6.54 Å². The lowest BCUT2D eigenvalue weighted by atomic mass is 10.1. The van der Waals surface area contributed by atoms with Crippen LogP contribution in [0.4, 0.5) is 10.5 Å². The van der Waals surface area contributed by atoms with Gasteiger partial charge in [0.15, 0.2) is 0 Å². The molecule has 0 spiro atoms. The zero-order valence-corrected chi connectivity index (χ0v) is 15.2. The van der Waals surface area contributed by atoms with Crippen molar-refractivity contribution in [1.82, 2.24) is 14.8 Å². The van der Waals surface area contributed by atoms with Gasteiger partial charge in [-0.2, -0.15) is 0 Å². The summed E-state index contributed by atoms with van der Waals surface area (Å²) < 4.78 is 5.37. The molecule has 1 aromatic heterocycles. The van der Waals surface area contributed by atoms with E-state index in [2.05, 4.69) is 27.3 Å². The number of amides is 2. The highest BCUT2D eigenvalue weighted by molar-refractivity contribution is 5.89. The number of aromatic nitrogens is 1. The van der Waals surface area contributed by atoms with Gasteiger partial charge < -0.3 is 15.0 Å². The van der Waals surface area contributed by atoms with Crippen molar-refractivity contribution in [3.05, 3.63) is 59.9 Å². The topological polar surface area (TPSA) is 57.7 Å². The van der Waals surface area contributed by atoms with Gasteiger partial charge >= 0.3 is 6.03 Å². The third-order valence-corrected chi connectivity index (χ3v) is 4.50. The first-order valence-electron chi connectivity index (χ1n) is 9.02. The van der Waals surface area contributed by atoms with E-state index in [4.69, 9.17) is 4.74 Å². The number of pyridine rings is 1. The fourth-order valence-corrected chi connectivity index (χ4v) is 2.89.